The van der Waals surface area contributed by atoms with Crippen molar-refractivity contribution in [2.24, 2.45) is 5.73 Å². The summed E-state index contributed by atoms with van der Waals surface area (Å²) in [5.74, 6) is -0.230. The maximum Gasteiger partial charge on any atom is 0.326 e. The summed E-state index contributed by atoms with van der Waals surface area (Å²) >= 11 is 0. The van der Waals surface area contributed by atoms with Gasteiger partial charge in [-0.15, -0.1) is 12.4 Å². The number of hydrogen-bond acceptors (Lipinski definition) is 7. The van der Waals surface area contributed by atoms with E-state index in [9.17, 15) is 9.59 Å². The maximum absolute atomic E-state index is 12.3. The zero-order valence-corrected chi connectivity index (χ0v) is 19.6. The average molecular weight is 449 g/mol. The lowest BCUT2D eigenvalue weighted by atomic mass is 9.80. The third kappa shape index (κ3) is 7.08. The van der Waals surface area contributed by atoms with E-state index in [-0.39, 0.29) is 29.9 Å². The molecule has 0 aromatic rings. The molecule has 176 valence electrons. The van der Waals surface area contributed by atoms with E-state index in [2.05, 4.69) is 4.90 Å². The van der Waals surface area contributed by atoms with Gasteiger partial charge in [0.15, 0.2) is 0 Å². The van der Waals surface area contributed by atoms with Crippen molar-refractivity contribution in [3.8, 4) is 0 Å². The fraction of sp³-hybridized carbons (Fsp3) is 0.909. The summed E-state index contributed by atoms with van der Waals surface area (Å²) in [5, 5.41) is 0. The van der Waals surface area contributed by atoms with Crippen LogP contribution in [0.2, 0.25) is 0 Å². The third-order valence-electron chi connectivity index (χ3n) is 6.38. The van der Waals surface area contributed by atoms with Crippen molar-refractivity contribution in [1.82, 2.24) is 4.90 Å². The van der Waals surface area contributed by atoms with Crippen molar-refractivity contribution < 1.29 is 23.8 Å². The number of ether oxygens (including phenoxy) is 3. The largest absolute Gasteiger partial charge is 0.465 e. The lowest BCUT2D eigenvalue weighted by molar-refractivity contribution is -0.164. The molecule has 2 saturated carbocycles. The first-order chi connectivity index (χ1) is 14.0. The number of hydrogen-bond donors (Lipinski definition) is 1. The summed E-state index contributed by atoms with van der Waals surface area (Å²) < 4.78 is 15.6. The van der Waals surface area contributed by atoms with Crippen LogP contribution in [-0.4, -0.2) is 67.4 Å². The van der Waals surface area contributed by atoms with Gasteiger partial charge in [-0.25, -0.2) is 0 Å². The van der Waals surface area contributed by atoms with Gasteiger partial charge < -0.3 is 19.9 Å². The van der Waals surface area contributed by atoms with E-state index >= 15 is 0 Å². The highest BCUT2D eigenvalue weighted by Crippen LogP contribution is 2.35. The van der Waals surface area contributed by atoms with Crippen LogP contribution < -0.4 is 5.73 Å². The SMILES string of the molecule is CCOC(=O)C1(N)CCCCC1.CCOC(=O)C1(N2CCOCC2)CCCCC1.Cl. The standard InChI is InChI=1S/C13H23NO3.C9H17NO2.ClH/c1-2-17-12(15)13(6-4-3-5-7-13)14-8-10-16-11-9-14;1-2-12-8(11)9(10)6-4-3-5-7-9;/h2-11H2,1H3;2-7,10H2,1H3;1H. The van der Waals surface area contributed by atoms with Crippen LogP contribution in [0.15, 0.2) is 0 Å². The first-order valence-corrected chi connectivity index (χ1v) is 11.4. The molecule has 2 N–H and O–H groups in total. The Morgan fingerprint density at radius 1 is 0.833 bits per heavy atom. The molecule has 0 amide bonds. The van der Waals surface area contributed by atoms with Crippen molar-refractivity contribution in [3.05, 3.63) is 0 Å². The molecule has 3 rings (SSSR count). The minimum Gasteiger partial charge on any atom is -0.465 e. The Morgan fingerprint density at radius 2 is 1.30 bits per heavy atom. The summed E-state index contributed by atoms with van der Waals surface area (Å²) in [6, 6.07) is 0. The van der Waals surface area contributed by atoms with Crippen LogP contribution in [-0.2, 0) is 23.8 Å². The molecule has 0 aromatic carbocycles. The lowest BCUT2D eigenvalue weighted by Gasteiger charge is -2.45. The van der Waals surface area contributed by atoms with Crippen molar-refractivity contribution in [1.29, 1.82) is 0 Å². The number of halogens is 1. The second-order valence-electron chi connectivity index (χ2n) is 8.35. The Balaban J connectivity index is 0.000000308. The highest BCUT2D eigenvalue weighted by atomic mass is 35.5. The van der Waals surface area contributed by atoms with E-state index < -0.39 is 5.54 Å². The summed E-state index contributed by atoms with van der Waals surface area (Å²) in [4.78, 5) is 26.0. The van der Waals surface area contributed by atoms with Gasteiger partial charge in [-0.05, 0) is 39.5 Å². The Morgan fingerprint density at radius 3 is 1.80 bits per heavy atom. The van der Waals surface area contributed by atoms with E-state index in [1.54, 1.807) is 0 Å². The molecule has 2 aliphatic carbocycles. The van der Waals surface area contributed by atoms with Crippen molar-refractivity contribution in [2.45, 2.75) is 89.1 Å². The number of esters is 2. The Bertz CT molecular complexity index is 514. The highest BCUT2D eigenvalue weighted by Gasteiger charge is 2.46. The van der Waals surface area contributed by atoms with E-state index in [4.69, 9.17) is 19.9 Å². The van der Waals surface area contributed by atoms with E-state index in [0.29, 0.717) is 13.2 Å². The molecule has 1 heterocycles. The maximum atomic E-state index is 12.3. The monoisotopic (exact) mass is 448 g/mol. The smallest absolute Gasteiger partial charge is 0.326 e. The number of morpholine rings is 1. The van der Waals surface area contributed by atoms with Gasteiger partial charge in [0.25, 0.3) is 0 Å². The van der Waals surface area contributed by atoms with Crippen LogP contribution in [0.25, 0.3) is 0 Å². The van der Waals surface area contributed by atoms with E-state index in [1.807, 2.05) is 13.8 Å². The zero-order valence-electron chi connectivity index (χ0n) is 18.8. The zero-order chi connectivity index (χ0) is 21.2. The molecule has 1 saturated heterocycles. The van der Waals surface area contributed by atoms with Crippen LogP contribution >= 0.6 is 12.4 Å². The summed E-state index contributed by atoms with van der Waals surface area (Å²) in [6.07, 6.45) is 10.3. The molecule has 0 atom stereocenters. The van der Waals surface area contributed by atoms with Crippen LogP contribution in [0.5, 0.6) is 0 Å². The molecule has 0 radical (unpaired) electrons. The number of rotatable bonds is 5. The topological polar surface area (TPSA) is 91.1 Å². The predicted octanol–water partition coefficient (Wildman–Crippen LogP) is 3.22. The Hall–Kier alpha value is -0.890. The van der Waals surface area contributed by atoms with E-state index in [0.717, 1.165) is 77.7 Å². The van der Waals surface area contributed by atoms with Gasteiger partial charge in [-0.3, -0.25) is 14.5 Å². The number of carbonyl (C=O) groups excluding carboxylic acids is 2. The van der Waals surface area contributed by atoms with Gasteiger partial charge in [-0.2, -0.15) is 0 Å². The second-order valence-corrected chi connectivity index (χ2v) is 8.35. The lowest BCUT2D eigenvalue weighted by Crippen LogP contribution is -2.59. The molecule has 0 unspecified atom stereocenters. The molecular weight excluding hydrogens is 408 g/mol. The molecule has 3 aliphatic rings. The third-order valence-corrected chi connectivity index (χ3v) is 6.38. The molecule has 1 aliphatic heterocycles. The van der Waals surface area contributed by atoms with Gasteiger partial charge in [0, 0.05) is 13.1 Å². The van der Waals surface area contributed by atoms with Crippen LogP contribution in [0.4, 0.5) is 0 Å². The molecular formula is C22H41ClN2O5. The predicted molar refractivity (Wildman–Crippen MR) is 119 cm³/mol. The Kier molecular flexibility index (Phi) is 12.2. The Labute approximate surface area is 187 Å². The highest BCUT2D eigenvalue weighted by molar-refractivity contribution is 5.85. The van der Waals surface area contributed by atoms with Gasteiger partial charge >= 0.3 is 11.9 Å². The minimum absolute atomic E-state index is 0. The van der Waals surface area contributed by atoms with Crippen LogP contribution in [0.3, 0.4) is 0 Å². The first-order valence-electron chi connectivity index (χ1n) is 11.4. The fourth-order valence-electron chi connectivity index (χ4n) is 4.70. The quantitative estimate of drug-likeness (QED) is 0.645. The fourth-order valence-corrected chi connectivity index (χ4v) is 4.70. The van der Waals surface area contributed by atoms with Gasteiger partial charge in [0.05, 0.1) is 26.4 Å². The normalized spacial score (nSPS) is 23.2. The van der Waals surface area contributed by atoms with Crippen molar-refractivity contribution in [3.63, 3.8) is 0 Å². The number of nitrogens with zero attached hydrogens (tertiary/aromatic N) is 1. The summed E-state index contributed by atoms with van der Waals surface area (Å²) in [6.45, 7) is 7.79. The summed E-state index contributed by atoms with van der Waals surface area (Å²) in [7, 11) is 0. The number of nitrogens with two attached hydrogens (primary N) is 1. The van der Waals surface area contributed by atoms with Crippen LogP contribution in [0.1, 0.15) is 78.1 Å². The van der Waals surface area contributed by atoms with Gasteiger partial charge in [0.2, 0.25) is 0 Å². The first kappa shape index (κ1) is 27.1. The van der Waals surface area contributed by atoms with Gasteiger partial charge in [0.1, 0.15) is 11.1 Å². The number of carbonyl (C=O) groups is 2. The summed E-state index contributed by atoms with van der Waals surface area (Å²) in [5.41, 5.74) is 4.89. The molecule has 8 heteroatoms. The van der Waals surface area contributed by atoms with Crippen LogP contribution in [0, 0.1) is 0 Å². The second kappa shape index (κ2) is 13.5. The molecule has 7 nitrogen and oxygen atoms in total. The molecule has 0 bridgehead atoms. The minimum atomic E-state index is -0.672. The van der Waals surface area contributed by atoms with Crippen molar-refractivity contribution >= 4 is 24.3 Å². The average Bonchev–Trinajstić information content (AvgIpc) is 2.76. The van der Waals surface area contributed by atoms with Crippen molar-refractivity contribution in [2.75, 3.05) is 39.5 Å². The molecule has 30 heavy (non-hydrogen) atoms. The van der Waals surface area contributed by atoms with E-state index in [1.165, 1.54) is 12.8 Å². The molecule has 3 fully saturated rings. The van der Waals surface area contributed by atoms with Gasteiger partial charge in [-0.1, -0.05) is 38.5 Å². The molecule has 0 spiro atoms. The molecule has 0 aromatic heterocycles.